The molecule has 0 aromatic rings. The molecule has 4 heteroatoms. The summed E-state index contributed by atoms with van der Waals surface area (Å²) in [5.41, 5.74) is 0. The molecule has 2 aliphatic heterocycles. The van der Waals surface area contributed by atoms with E-state index in [2.05, 4.69) is 36.0 Å². The normalized spacial score (nSPS) is 35.3. The first kappa shape index (κ1) is 13.8. The zero-order valence-electron chi connectivity index (χ0n) is 12.0. The lowest BCUT2D eigenvalue weighted by atomic mass is 9.91. The molecule has 0 saturated carbocycles. The molecule has 0 spiro atoms. The van der Waals surface area contributed by atoms with E-state index in [1.54, 1.807) is 0 Å². The highest BCUT2D eigenvalue weighted by atomic mass is 16.2. The Morgan fingerprint density at radius 2 is 2.06 bits per heavy atom. The topological polar surface area (TPSA) is 35.6 Å². The van der Waals surface area contributed by atoms with Crippen molar-refractivity contribution in [2.45, 2.75) is 45.2 Å². The van der Waals surface area contributed by atoms with E-state index in [9.17, 15) is 4.79 Å². The average Bonchev–Trinajstić information content (AvgIpc) is 2.49. The summed E-state index contributed by atoms with van der Waals surface area (Å²) in [7, 11) is 2.15. The molecule has 0 radical (unpaired) electrons. The van der Waals surface area contributed by atoms with E-state index < -0.39 is 0 Å². The van der Waals surface area contributed by atoms with E-state index >= 15 is 0 Å². The van der Waals surface area contributed by atoms with Crippen LogP contribution < -0.4 is 5.32 Å². The van der Waals surface area contributed by atoms with Crippen LogP contribution in [0.5, 0.6) is 0 Å². The lowest BCUT2D eigenvalue weighted by Crippen LogP contribution is -2.48. The van der Waals surface area contributed by atoms with Gasteiger partial charge in [-0.3, -0.25) is 4.79 Å². The van der Waals surface area contributed by atoms with E-state index in [0.717, 1.165) is 45.4 Å². The van der Waals surface area contributed by atoms with Crippen LogP contribution in [0.15, 0.2) is 0 Å². The van der Waals surface area contributed by atoms with Gasteiger partial charge in [-0.25, -0.2) is 0 Å². The van der Waals surface area contributed by atoms with Crippen molar-refractivity contribution in [3.8, 4) is 0 Å². The Hall–Kier alpha value is -0.610. The van der Waals surface area contributed by atoms with Crippen molar-refractivity contribution < 1.29 is 4.79 Å². The van der Waals surface area contributed by atoms with Crippen molar-refractivity contribution >= 4 is 5.91 Å². The van der Waals surface area contributed by atoms with E-state index in [1.165, 1.54) is 0 Å². The number of piperidine rings is 1. The SMILES string of the molecule is CC1CC(C(=O)N2CCCN(C)CC2C)CCN1. The molecule has 0 aromatic heterocycles. The Morgan fingerprint density at radius 1 is 1.28 bits per heavy atom. The van der Waals surface area contributed by atoms with E-state index in [1.807, 2.05) is 0 Å². The first-order chi connectivity index (χ1) is 8.58. The minimum absolute atomic E-state index is 0.243. The molecule has 2 rings (SSSR count). The Balaban J connectivity index is 1.98. The number of amides is 1. The molecule has 3 atom stereocenters. The maximum absolute atomic E-state index is 12.6. The minimum atomic E-state index is 0.243. The predicted octanol–water partition coefficient (Wildman–Crippen LogP) is 0.927. The Kier molecular flexibility index (Phi) is 4.62. The summed E-state index contributed by atoms with van der Waals surface area (Å²) in [6, 6.07) is 0.841. The van der Waals surface area contributed by atoms with Crippen LogP contribution in [0, 0.1) is 5.92 Å². The monoisotopic (exact) mass is 253 g/mol. The molecule has 0 bridgehead atoms. The molecule has 18 heavy (non-hydrogen) atoms. The van der Waals surface area contributed by atoms with Gasteiger partial charge in [0.1, 0.15) is 0 Å². The van der Waals surface area contributed by atoms with E-state index in [0.29, 0.717) is 18.0 Å². The first-order valence-corrected chi connectivity index (χ1v) is 7.30. The van der Waals surface area contributed by atoms with Gasteiger partial charge in [0.2, 0.25) is 5.91 Å². The van der Waals surface area contributed by atoms with Crippen molar-refractivity contribution in [2.75, 3.05) is 33.2 Å². The highest BCUT2D eigenvalue weighted by Crippen LogP contribution is 2.21. The van der Waals surface area contributed by atoms with Crippen molar-refractivity contribution in [1.82, 2.24) is 15.1 Å². The molecule has 0 aromatic carbocycles. The number of carbonyl (C=O) groups is 1. The maximum atomic E-state index is 12.6. The second-order valence-electron chi connectivity index (χ2n) is 6.07. The van der Waals surface area contributed by atoms with Crippen LogP contribution in [-0.2, 0) is 4.79 Å². The van der Waals surface area contributed by atoms with Gasteiger partial charge in [0.15, 0.2) is 0 Å². The fraction of sp³-hybridized carbons (Fsp3) is 0.929. The minimum Gasteiger partial charge on any atom is -0.338 e. The van der Waals surface area contributed by atoms with Gasteiger partial charge in [-0.2, -0.15) is 0 Å². The highest BCUT2D eigenvalue weighted by Gasteiger charge is 2.31. The van der Waals surface area contributed by atoms with Crippen LogP contribution in [0.4, 0.5) is 0 Å². The summed E-state index contributed by atoms with van der Waals surface area (Å²) < 4.78 is 0. The molecule has 3 unspecified atom stereocenters. The zero-order chi connectivity index (χ0) is 13.1. The number of rotatable bonds is 1. The summed E-state index contributed by atoms with van der Waals surface area (Å²) in [4.78, 5) is 17.1. The van der Waals surface area contributed by atoms with E-state index in [-0.39, 0.29) is 5.92 Å². The van der Waals surface area contributed by atoms with Crippen LogP contribution >= 0.6 is 0 Å². The largest absolute Gasteiger partial charge is 0.338 e. The second-order valence-corrected chi connectivity index (χ2v) is 6.07. The molecular formula is C14H27N3O. The zero-order valence-corrected chi connectivity index (χ0v) is 12.0. The van der Waals surface area contributed by atoms with Gasteiger partial charge in [-0.05, 0) is 53.2 Å². The van der Waals surface area contributed by atoms with Gasteiger partial charge in [0.25, 0.3) is 0 Å². The molecule has 2 fully saturated rings. The fourth-order valence-electron chi connectivity index (χ4n) is 3.29. The van der Waals surface area contributed by atoms with Gasteiger partial charge in [-0.1, -0.05) is 0 Å². The quantitative estimate of drug-likeness (QED) is 0.755. The van der Waals surface area contributed by atoms with Crippen LogP contribution in [0.25, 0.3) is 0 Å². The summed E-state index contributed by atoms with van der Waals surface area (Å²) >= 11 is 0. The van der Waals surface area contributed by atoms with E-state index in [4.69, 9.17) is 0 Å². The molecule has 0 aliphatic carbocycles. The van der Waals surface area contributed by atoms with Gasteiger partial charge in [0.05, 0.1) is 0 Å². The standard InChI is InChI=1S/C14H27N3O/c1-11-9-13(5-6-15-11)14(18)17-8-4-7-16(3)10-12(17)2/h11-13,15H,4-10H2,1-3H3. The average molecular weight is 253 g/mol. The van der Waals surface area contributed by atoms with Crippen molar-refractivity contribution in [3.05, 3.63) is 0 Å². The lowest BCUT2D eigenvalue weighted by molar-refractivity contribution is -0.138. The second kappa shape index (κ2) is 6.02. The molecule has 1 N–H and O–H groups in total. The van der Waals surface area contributed by atoms with Crippen LogP contribution in [0.3, 0.4) is 0 Å². The number of nitrogens with one attached hydrogen (secondary N) is 1. The molecular weight excluding hydrogens is 226 g/mol. The summed E-state index contributed by atoms with van der Waals surface area (Å²) in [6.07, 6.45) is 3.10. The van der Waals surface area contributed by atoms with Crippen molar-refractivity contribution in [3.63, 3.8) is 0 Å². The van der Waals surface area contributed by atoms with Gasteiger partial charge >= 0.3 is 0 Å². The third kappa shape index (κ3) is 3.23. The van der Waals surface area contributed by atoms with Crippen molar-refractivity contribution in [2.24, 2.45) is 5.92 Å². The summed E-state index contributed by atoms with van der Waals surface area (Å²) in [5.74, 6) is 0.637. The van der Waals surface area contributed by atoms with Gasteiger partial charge in [-0.15, -0.1) is 0 Å². The number of hydrogen-bond donors (Lipinski definition) is 1. The number of nitrogens with zero attached hydrogens (tertiary/aromatic N) is 2. The van der Waals surface area contributed by atoms with Gasteiger partial charge in [0, 0.05) is 31.1 Å². The molecule has 104 valence electrons. The third-order valence-electron chi connectivity index (χ3n) is 4.30. The number of hydrogen-bond acceptors (Lipinski definition) is 3. The molecule has 2 saturated heterocycles. The highest BCUT2D eigenvalue weighted by molar-refractivity contribution is 5.79. The fourth-order valence-corrected chi connectivity index (χ4v) is 3.29. The van der Waals surface area contributed by atoms with Crippen LogP contribution in [0.2, 0.25) is 0 Å². The summed E-state index contributed by atoms with van der Waals surface area (Å²) in [5, 5.41) is 3.42. The molecule has 1 amide bonds. The number of likely N-dealkylation sites (N-methyl/N-ethyl adjacent to an activating group) is 1. The molecule has 2 aliphatic rings. The third-order valence-corrected chi connectivity index (χ3v) is 4.30. The Bertz CT molecular complexity index is 295. The summed E-state index contributed by atoms with van der Waals surface area (Å²) in [6.45, 7) is 8.40. The number of carbonyl (C=O) groups excluding carboxylic acids is 1. The first-order valence-electron chi connectivity index (χ1n) is 7.30. The van der Waals surface area contributed by atoms with Crippen molar-refractivity contribution in [1.29, 1.82) is 0 Å². The Morgan fingerprint density at radius 3 is 2.78 bits per heavy atom. The Labute approximate surface area is 111 Å². The predicted molar refractivity (Wildman–Crippen MR) is 73.5 cm³/mol. The van der Waals surface area contributed by atoms with Crippen LogP contribution in [0.1, 0.15) is 33.1 Å². The molecule has 4 nitrogen and oxygen atoms in total. The lowest BCUT2D eigenvalue weighted by Gasteiger charge is -2.34. The molecule has 2 heterocycles. The van der Waals surface area contributed by atoms with Crippen LogP contribution in [-0.4, -0.2) is 61.0 Å². The maximum Gasteiger partial charge on any atom is 0.226 e. The smallest absolute Gasteiger partial charge is 0.226 e. The van der Waals surface area contributed by atoms with Gasteiger partial charge < -0.3 is 15.1 Å².